The van der Waals surface area contributed by atoms with Crippen molar-refractivity contribution in [2.45, 2.75) is 54.8 Å². The molecule has 0 aromatic heterocycles. The van der Waals surface area contributed by atoms with Crippen LogP contribution in [0.2, 0.25) is 0 Å². The highest BCUT2D eigenvalue weighted by Gasteiger charge is 2.16. The van der Waals surface area contributed by atoms with Crippen LogP contribution in [-0.4, -0.2) is 19.5 Å². The SMILES string of the molecule is CC(OCC(C)(C)C)OCC(C)(C)C. The lowest BCUT2D eigenvalue weighted by molar-refractivity contribution is -0.158. The second kappa shape index (κ2) is 5.13. The molecule has 2 nitrogen and oxygen atoms in total. The summed E-state index contributed by atoms with van der Waals surface area (Å²) in [5, 5.41) is 0. The van der Waals surface area contributed by atoms with Crippen molar-refractivity contribution in [3.63, 3.8) is 0 Å². The predicted molar refractivity (Wildman–Crippen MR) is 60.3 cm³/mol. The quantitative estimate of drug-likeness (QED) is 0.650. The molecule has 0 N–H and O–H groups in total. The van der Waals surface area contributed by atoms with E-state index in [2.05, 4.69) is 41.5 Å². The summed E-state index contributed by atoms with van der Waals surface area (Å²) in [4.78, 5) is 0. The highest BCUT2D eigenvalue weighted by Crippen LogP contribution is 2.17. The number of hydrogen-bond acceptors (Lipinski definition) is 2. The van der Waals surface area contributed by atoms with Crippen LogP contribution in [0.15, 0.2) is 0 Å². The predicted octanol–water partition coefficient (Wildman–Crippen LogP) is 3.46. The van der Waals surface area contributed by atoms with Gasteiger partial charge in [0.25, 0.3) is 0 Å². The second-order valence-electron chi connectivity index (χ2n) is 6.31. The monoisotopic (exact) mass is 202 g/mol. The Kier molecular flexibility index (Phi) is 5.10. The Morgan fingerprint density at radius 2 is 1.07 bits per heavy atom. The summed E-state index contributed by atoms with van der Waals surface area (Å²) in [6, 6.07) is 0. The first-order valence-corrected chi connectivity index (χ1v) is 5.33. The maximum absolute atomic E-state index is 5.58. The van der Waals surface area contributed by atoms with Gasteiger partial charge in [-0.2, -0.15) is 0 Å². The van der Waals surface area contributed by atoms with Gasteiger partial charge in [0.1, 0.15) is 0 Å². The molecule has 0 spiro atoms. The van der Waals surface area contributed by atoms with Crippen LogP contribution in [0, 0.1) is 10.8 Å². The van der Waals surface area contributed by atoms with E-state index in [0.29, 0.717) is 0 Å². The molecular weight excluding hydrogens is 176 g/mol. The Morgan fingerprint density at radius 1 is 0.786 bits per heavy atom. The minimum absolute atomic E-state index is 0.103. The molecule has 0 bridgehead atoms. The first kappa shape index (κ1) is 13.9. The molecule has 0 heterocycles. The number of ether oxygens (including phenoxy) is 2. The van der Waals surface area contributed by atoms with Crippen molar-refractivity contribution in [2.75, 3.05) is 13.2 Å². The topological polar surface area (TPSA) is 18.5 Å². The third-order valence-corrected chi connectivity index (χ3v) is 1.50. The molecule has 0 aliphatic heterocycles. The molecule has 0 aliphatic carbocycles. The van der Waals surface area contributed by atoms with Gasteiger partial charge in [0.05, 0.1) is 13.2 Å². The molecule has 0 fully saturated rings. The van der Waals surface area contributed by atoms with Crippen molar-refractivity contribution in [3.8, 4) is 0 Å². The standard InChI is InChI=1S/C12H26O2/c1-10(13-8-11(2,3)4)14-9-12(5,6)7/h10H,8-9H2,1-7H3. The number of rotatable bonds is 4. The van der Waals surface area contributed by atoms with E-state index in [0.717, 1.165) is 13.2 Å². The zero-order chi connectivity index (χ0) is 11.4. The van der Waals surface area contributed by atoms with Gasteiger partial charge in [-0.25, -0.2) is 0 Å². The average molecular weight is 202 g/mol. The van der Waals surface area contributed by atoms with Crippen molar-refractivity contribution >= 4 is 0 Å². The van der Waals surface area contributed by atoms with Gasteiger partial charge in [-0.05, 0) is 17.8 Å². The second-order valence-corrected chi connectivity index (χ2v) is 6.31. The van der Waals surface area contributed by atoms with Gasteiger partial charge in [0.15, 0.2) is 6.29 Å². The average Bonchev–Trinajstić information content (AvgIpc) is 1.94. The fourth-order valence-electron chi connectivity index (χ4n) is 0.783. The van der Waals surface area contributed by atoms with Crippen LogP contribution in [-0.2, 0) is 9.47 Å². The van der Waals surface area contributed by atoms with Crippen LogP contribution in [0.4, 0.5) is 0 Å². The van der Waals surface area contributed by atoms with Crippen molar-refractivity contribution in [3.05, 3.63) is 0 Å². The van der Waals surface area contributed by atoms with Crippen LogP contribution < -0.4 is 0 Å². The van der Waals surface area contributed by atoms with E-state index in [1.165, 1.54) is 0 Å². The maximum atomic E-state index is 5.58. The van der Waals surface area contributed by atoms with Gasteiger partial charge in [-0.3, -0.25) is 0 Å². The van der Waals surface area contributed by atoms with E-state index in [1.807, 2.05) is 6.92 Å². The lowest BCUT2D eigenvalue weighted by Gasteiger charge is -2.25. The lowest BCUT2D eigenvalue weighted by Crippen LogP contribution is -2.25. The summed E-state index contributed by atoms with van der Waals surface area (Å²) < 4.78 is 11.2. The van der Waals surface area contributed by atoms with Gasteiger partial charge in [0.2, 0.25) is 0 Å². The first-order valence-electron chi connectivity index (χ1n) is 5.33. The van der Waals surface area contributed by atoms with Gasteiger partial charge < -0.3 is 9.47 Å². The van der Waals surface area contributed by atoms with E-state index >= 15 is 0 Å². The van der Waals surface area contributed by atoms with Crippen LogP contribution in [0.5, 0.6) is 0 Å². The van der Waals surface area contributed by atoms with E-state index < -0.39 is 0 Å². The van der Waals surface area contributed by atoms with Crippen LogP contribution in [0.3, 0.4) is 0 Å². The first-order chi connectivity index (χ1) is 6.10. The molecule has 0 amide bonds. The van der Waals surface area contributed by atoms with Crippen LogP contribution in [0.25, 0.3) is 0 Å². The Bertz CT molecular complexity index is 133. The number of hydrogen-bond donors (Lipinski definition) is 0. The van der Waals surface area contributed by atoms with Gasteiger partial charge in [-0.1, -0.05) is 41.5 Å². The normalized spacial score (nSPS) is 13.7. The highest BCUT2D eigenvalue weighted by atomic mass is 16.7. The van der Waals surface area contributed by atoms with Crippen molar-refractivity contribution in [1.29, 1.82) is 0 Å². The minimum atomic E-state index is -0.103. The Morgan fingerprint density at radius 3 is 1.29 bits per heavy atom. The molecule has 0 aromatic rings. The zero-order valence-electron chi connectivity index (χ0n) is 10.8. The van der Waals surface area contributed by atoms with E-state index in [4.69, 9.17) is 9.47 Å². The van der Waals surface area contributed by atoms with Gasteiger partial charge in [-0.15, -0.1) is 0 Å². The molecule has 0 unspecified atom stereocenters. The highest BCUT2D eigenvalue weighted by molar-refractivity contribution is 4.61. The summed E-state index contributed by atoms with van der Waals surface area (Å²) in [7, 11) is 0. The Balaban J connectivity index is 3.62. The molecule has 0 atom stereocenters. The van der Waals surface area contributed by atoms with Crippen molar-refractivity contribution in [1.82, 2.24) is 0 Å². The van der Waals surface area contributed by atoms with Gasteiger partial charge >= 0.3 is 0 Å². The lowest BCUT2D eigenvalue weighted by atomic mass is 9.98. The molecule has 0 aliphatic rings. The third-order valence-electron chi connectivity index (χ3n) is 1.50. The minimum Gasteiger partial charge on any atom is -0.352 e. The Labute approximate surface area is 89.0 Å². The van der Waals surface area contributed by atoms with E-state index in [-0.39, 0.29) is 17.1 Å². The summed E-state index contributed by atoms with van der Waals surface area (Å²) >= 11 is 0. The molecule has 0 rings (SSSR count). The Hall–Kier alpha value is -0.0800. The molecular formula is C12H26O2. The summed E-state index contributed by atoms with van der Waals surface area (Å²) in [5.41, 5.74) is 0.415. The molecule has 86 valence electrons. The van der Waals surface area contributed by atoms with E-state index in [9.17, 15) is 0 Å². The van der Waals surface area contributed by atoms with E-state index in [1.54, 1.807) is 0 Å². The van der Waals surface area contributed by atoms with Gasteiger partial charge in [0, 0.05) is 0 Å². The fourth-order valence-corrected chi connectivity index (χ4v) is 0.783. The van der Waals surface area contributed by atoms with Crippen LogP contribution >= 0.6 is 0 Å². The smallest absolute Gasteiger partial charge is 0.154 e. The summed E-state index contributed by atoms with van der Waals surface area (Å²) in [6.07, 6.45) is -0.103. The molecule has 0 aromatic carbocycles. The summed E-state index contributed by atoms with van der Waals surface area (Å²) in [6.45, 7) is 16.4. The molecule has 0 saturated carbocycles. The fraction of sp³-hybridized carbons (Fsp3) is 1.00. The third kappa shape index (κ3) is 10.0. The molecule has 0 radical (unpaired) electrons. The zero-order valence-corrected chi connectivity index (χ0v) is 10.8. The van der Waals surface area contributed by atoms with Crippen molar-refractivity contribution < 1.29 is 9.47 Å². The summed E-state index contributed by atoms with van der Waals surface area (Å²) in [5.74, 6) is 0. The largest absolute Gasteiger partial charge is 0.352 e. The van der Waals surface area contributed by atoms with Crippen LogP contribution in [0.1, 0.15) is 48.5 Å². The molecule has 0 saturated heterocycles. The maximum Gasteiger partial charge on any atom is 0.154 e. The molecule has 14 heavy (non-hydrogen) atoms. The molecule has 2 heteroatoms. The van der Waals surface area contributed by atoms with Crippen molar-refractivity contribution in [2.24, 2.45) is 10.8 Å².